The molecule has 1 fully saturated rings. The number of nitrogens with zero attached hydrogens (tertiary/aromatic N) is 4. The number of aliphatic hydroxyl groups is 2. The number of carbonyl (C=O) groups is 3. The van der Waals surface area contributed by atoms with Gasteiger partial charge in [0.15, 0.2) is 17.7 Å². The summed E-state index contributed by atoms with van der Waals surface area (Å²) in [6.07, 6.45) is -2.80. The number of imidazole rings is 1. The molecule has 1 aliphatic rings. The first-order valence-electron chi connectivity index (χ1n) is 17.4. The number of carbonyl (C=O) groups excluding carboxylic acids is 3. The number of phosphoric acid groups is 3. The van der Waals surface area contributed by atoms with Crippen molar-refractivity contribution >= 4 is 69.3 Å². The molecule has 0 spiro atoms. The van der Waals surface area contributed by atoms with Gasteiger partial charge in [0.05, 0.1) is 19.5 Å². The summed E-state index contributed by atoms with van der Waals surface area (Å²) in [5, 5.41) is 29.0. The standard InChI is InChI=1S/C28H49N8O17P3S/c1-4-5-6-7-9-32-27(41)57-12-11-30-18(37)8-10-31-25(40)22(39)28(2,3)14-50-56(47,48)53-55(45,46)49-13-17-21(52-54(42,43)44)20(38)26(51-17)36-16-35-19-23(29)33-15-34-24(19)36/h15-17,20-22,26,38-39H,4-14H2,1-3H3,(H,30,37)(H,31,40)(H,32,41)(H,45,46)(H,47,48)(H2,29,33,34)(H2,42,43,44)/t17-,20-,21-,22+,26-/m1/s1. The molecule has 0 radical (unpaired) electrons. The monoisotopic (exact) mass is 894 g/mol. The molecule has 324 valence electrons. The number of nitrogen functional groups attached to an aromatic ring is 1. The Labute approximate surface area is 330 Å². The predicted octanol–water partition coefficient (Wildman–Crippen LogP) is 0.428. The first-order chi connectivity index (χ1) is 26.6. The zero-order chi connectivity index (χ0) is 42.6. The molecule has 25 nitrogen and oxygen atoms in total. The lowest BCUT2D eigenvalue weighted by Gasteiger charge is -2.30. The van der Waals surface area contributed by atoms with Crippen molar-refractivity contribution in [2.45, 2.75) is 83.5 Å². The molecule has 7 atom stereocenters. The molecule has 29 heteroatoms. The number of anilines is 1. The molecule has 2 aromatic rings. The maximum absolute atomic E-state index is 12.7. The molecule has 57 heavy (non-hydrogen) atoms. The van der Waals surface area contributed by atoms with Crippen molar-refractivity contribution in [3.05, 3.63) is 12.7 Å². The summed E-state index contributed by atoms with van der Waals surface area (Å²) < 4.78 is 62.1. The summed E-state index contributed by atoms with van der Waals surface area (Å²) in [6.45, 7) is 3.16. The summed E-state index contributed by atoms with van der Waals surface area (Å²) in [6, 6.07) is 0. The fourth-order valence-corrected chi connectivity index (χ4v) is 8.49. The topological polar surface area (TPSA) is 376 Å². The Bertz CT molecular complexity index is 1820. The van der Waals surface area contributed by atoms with Crippen molar-refractivity contribution in [2.24, 2.45) is 5.41 Å². The van der Waals surface area contributed by atoms with Gasteiger partial charge in [0.25, 0.3) is 5.24 Å². The van der Waals surface area contributed by atoms with Crippen molar-refractivity contribution in [2.75, 3.05) is 44.3 Å². The minimum Gasteiger partial charge on any atom is -0.386 e. The van der Waals surface area contributed by atoms with Crippen LogP contribution in [0.5, 0.6) is 0 Å². The minimum atomic E-state index is -5.57. The third-order valence-electron chi connectivity index (χ3n) is 8.03. The molecule has 1 aliphatic heterocycles. The lowest BCUT2D eigenvalue weighted by atomic mass is 9.87. The second-order valence-corrected chi connectivity index (χ2v) is 18.5. The number of phosphoric ester groups is 3. The number of nitrogens with two attached hydrogens (primary N) is 1. The highest BCUT2D eigenvalue weighted by molar-refractivity contribution is 8.13. The Morgan fingerprint density at radius 1 is 1.00 bits per heavy atom. The largest absolute Gasteiger partial charge is 0.481 e. The number of hydrogen-bond donors (Lipinski definition) is 10. The third-order valence-corrected chi connectivity index (χ3v) is 11.9. The molecule has 2 aromatic heterocycles. The Kier molecular flexibility index (Phi) is 18.4. The van der Waals surface area contributed by atoms with E-state index in [4.69, 9.17) is 19.5 Å². The molecule has 3 heterocycles. The molecule has 0 aromatic carbocycles. The quantitative estimate of drug-likeness (QED) is 0.0504. The number of nitrogens with one attached hydrogen (secondary N) is 3. The van der Waals surface area contributed by atoms with E-state index in [2.05, 4.69) is 46.7 Å². The van der Waals surface area contributed by atoms with E-state index in [-0.39, 0.29) is 41.7 Å². The van der Waals surface area contributed by atoms with Gasteiger partial charge in [-0.1, -0.05) is 51.8 Å². The van der Waals surface area contributed by atoms with E-state index in [0.717, 1.165) is 54.7 Å². The van der Waals surface area contributed by atoms with Crippen LogP contribution < -0.4 is 21.7 Å². The van der Waals surface area contributed by atoms with E-state index < -0.39 is 84.6 Å². The van der Waals surface area contributed by atoms with E-state index in [1.807, 2.05) is 0 Å². The first-order valence-corrected chi connectivity index (χ1v) is 22.9. The Balaban J connectivity index is 1.45. The first kappa shape index (κ1) is 48.7. The molecule has 11 N–H and O–H groups in total. The second-order valence-electron chi connectivity index (χ2n) is 13.2. The molecular weight excluding hydrogens is 845 g/mol. The van der Waals surface area contributed by atoms with Crippen molar-refractivity contribution < 1.29 is 80.5 Å². The second kappa shape index (κ2) is 21.6. The fraction of sp³-hybridized carbons (Fsp3) is 0.714. The maximum atomic E-state index is 12.7. The van der Waals surface area contributed by atoms with E-state index in [0.29, 0.717) is 12.3 Å². The normalized spacial score (nSPS) is 21.4. The smallest absolute Gasteiger partial charge is 0.386 e. The number of ether oxygens (including phenoxy) is 1. The number of amides is 3. The SMILES string of the molecule is CCCCCCNC(=O)SCCNC(=O)CCNC(=O)[C@H](O)C(C)(C)COP(=O)(O)OP(=O)(O)OC[C@H]1O[C@@H](n2cnc3c(N)ncnc32)[C@H](O)[C@@H]1OP(=O)(O)O. The molecule has 0 aliphatic carbocycles. The number of unbranched alkanes of at least 4 members (excludes halogenated alkanes) is 3. The van der Waals surface area contributed by atoms with Gasteiger partial charge in [-0.2, -0.15) is 4.31 Å². The van der Waals surface area contributed by atoms with Crippen LogP contribution in [0.15, 0.2) is 12.7 Å². The van der Waals surface area contributed by atoms with Crippen LogP contribution in [-0.2, 0) is 45.9 Å². The molecule has 3 rings (SSSR count). The van der Waals surface area contributed by atoms with Crippen LogP contribution in [0.3, 0.4) is 0 Å². The molecule has 0 bridgehead atoms. The molecular formula is C28H49N8O17P3S. The summed E-state index contributed by atoms with van der Waals surface area (Å²) in [5.41, 5.74) is 4.26. The van der Waals surface area contributed by atoms with E-state index in [9.17, 15) is 57.9 Å². The van der Waals surface area contributed by atoms with Crippen LogP contribution in [0.2, 0.25) is 0 Å². The van der Waals surface area contributed by atoms with E-state index in [1.54, 1.807) is 0 Å². The minimum absolute atomic E-state index is 0.0309. The van der Waals surface area contributed by atoms with Gasteiger partial charge in [0, 0.05) is 37.2 Å². The highest BCUT2D eigenvalue weighted by Crippen LogP contribution is 2.61. The highest BCUT2D eigenvalue weighted by atomic mass is 32.2. The van der Waals surface area contributed by atoms with Crippen LogP contribution in [0.1, 0.15) is 59.1 Å². The van der Waals surface area contributed by atoms with Gasteiger partial charge in [-0.25, -0.2) is 28.6 Å². The summed E-state index contributed by atoms with van der Waals surface area (Å²) >= 11 is 1.02. The zero-order valence-corrected chi connectivity index (χ0v) is 34.6. The van der Waals surface area contributed by atoms with Crippen LogP contribution in [-0.4, -0.2) is 129 Å². The lowest BCUT2D eigenvalue weighted by Crippen LogP contribution is -2.46. The number of thioether (sulfide) groups is 1. The number of fused-ring (bicyclic) bond motifs is 1. The molecule has 2 unspecified atom stereocenters. The van der Waals surface area contributed by atoms with E-state index in [1.165, 1.54) is 13.8 Å². The molecule has 0 saturated carbocycles. The average molecular weight is 895 g/mol. The Hall–Kier alpha value is -2.64. The fourth-order valence-electron chi connectivity index (χ4n) is 5.07. The van der Waals surface area contributed by atoms with Gasteiger partial charge in [0.1, 0.15) is 36.3 Å². The van der Waals surface area contributed by atoms with Crippen LogP contribution >= 0.6 is 35.2 Å². The van der Waals surface area contributed by atoms with Gasteiger partial charge in [-0.15, -0.1) is 0 Å². The highest BCUT2D eigenvalue weighted by Gasteiger charge is 2.50. The van der Waals surface area contributed by atoms with Crippen molar-refractivity contribution in [1.82, 2.24) is 35.5 Å². The number of aliphatic hydroxyl groups excluding tert-OH is 2. The Morgan fingerprint density at radius 3 is 2.39 bits per heavy atom. The predicted molar refractivity (Wildman–Crippen MR) is 200 cm³/mol. The average Bonchev–Trinajstić information content (AvgIpc) is 3.68. The number of aromatic nitrogens is 4. The number of hydrogen-bond acceptors (Lipinski definition) is 18. The summed E-state index contributed by atoms with van der Waals surface area (Å²) in [5.74, 6) is -1.13. The van der Waals surface area contributed by atoms with Gasteiger partial charge in [-0.3, -0.25) is 32.5 Å². The maximum Gasteiger partial charge on any atom is 0.481 e. The van der Waals surface area contributed by atoms with Crippen LogP contribution in [0, 0.1) is 5.41 Å². The van der Waals surface area contributed by atoms with Gasteiger partial charge in [-0.05, 0) is 6.42 Å². The molecule has 1 saturated heterocycles. The van der Waals surface area contributed by atoms with Crippen LogP contribution in [0.4, 0.5) is 10.6 Å². The van der Waals surface area contributed by atoms with Crippen molar-refractivity contribution in [3.8, 4) is 0 Å². The summed E-state index contributed by atoms with van der Waals surface area (Å²) in [7, 11) is -16.4. The Morgan fingerprint density at radius 2 is 1.70 bits per heavy atom. The van der Waals surface area contributed by atoms with Crippen LogP contribution in [0.25, 0.3) is 11.2 Å². The zero-order valence-electron chi connectivity index (χ0n) is 31.1. The molecule has 3 amide bonds. The van der Waals surface area contributed by atoms with Crippen molar-refractivity contribution in [1.29, 1.82) is 0 Å². The van der Waals surface area contributed by atoms with Gasteiger partial charge < -0.3 is 56.2 Å². The van der Waals surface area contributed by atoms with Gasteiger partial charge in [0.2, 0.25) is 11.8 Å². The van der Waals surface area contributed by atoms with Crippen molar-refractivity contribution in [3.63, 3.8) is 0 Å². The third kappa shape index (κ3) is 15.8. The number of rotatable bonds is 24. The van der Waals surface area contributed by atoms with E-state index >= 15 is 0 Å². The van der Waals surface area contributed by atoms with Gasteiger partial charge >= 0.3 is 23.5 Å². The summed E-state index contributed by atoms with van der Waals surface area (Å²) in [4.78, 5) is 87.4. The lowest BCUT2D eigenvalue weighted by molar-refractivity contribution is -0.137.